The zero-order chi connectivity index (χ0) is 21.8. The first-order chi connectivity index (χ1) is 14.3. The third-order valence-corrected chi connectivity index (χ3v) is 5.61. The smallest absolute Gasteiger partial charge is 0.429 e. The van der Waals surface area contributed by atoms with Gasteiger partial charge in [0, 0.05) is 12.0 Å². The molecule has 30 heavy (non-hydrogen) atoms. The number of benzene rings is 1. The van der Waals surface area contributed by atoms with E-state index in [1.165, 1.54) is 12.1 Å². The summed E-state index contributed by atoms with van der Waals surface area (Å²) in [5, 5.41) is 0. The van der Waals surface area contributed by atoms with Gasteiger partial charge in [-0.25, -0.2) is 8.78 Å². The van der Waals surface area contributed by atoms with Crippen LogP contribution in [0.15, 0.2) is 18.2 Å². The topological polar surface area (TPSA) is 36.9 Å². The van der Waals surface area contributed by atoms with Crippen molar-refractivity contribution in [2.75, 3.05) is 19.8 Å². The summed E-state index contributed by atoms with van der Waals surface area (Å²) in [6, 6.07) is 3.68. The molecular formula is C22H30F4O4. The fourth-order valence-electron chi connectivity index (χ4n) is 4.03. The van der Waals surface area contributed by atoms with Crippen LogP contribution in [0.5, 0.6) is 5.75 Å². The molecule has 0 aliphatic carbocycles. The van der Waals surface area contributed by atoms with Crippen molar-refractivity contribution in [1.82, 2.24) is 0 Å². The average molecular weight is 434 g/mol. The lowest BCUT2D eigenvalue weighted by Crippen LogP contribution is -2.52. The van der Waals surface area contributed by atoms with Crippen molar-refractivity contribution in [2.45, 2.75) is 82.5 Å². The molecule has 0 spiro atoms. The molecule has 4 nitrogen and oxygen atoms in total. The van der Waals surface area contributed by atoms with Gasteiger partial charge in [0.2, 0.25) is 0 Å². The number of hydrogen-bond acceptors (Lipinski definition) is 4. The summed E-state index contributed by atoms with van der Waals surface area (Å²) in [7, 11) is 0. The molecule has 0 amide bonds. The van der Waals surface area contributed by atoms with E-state index in [9.17, 15) is 17.6 Å². The number of halogens is 4. The number of hydrogen-bond donors (Lipinski definition) is 0. The van der Waals surface area contributed by atoms with E-state index >= 15 is 0 Å². The Balaban J connectivity index is 1.59. The monoisotopic (exact) mass is 434 g/mol. The van der Waals surface area contributed by atoms with Crippen molar-refractivity contribution in [3.63, 3.8) is 0 Å². The van der Waals surface area contributed by atoms with Gasteiger partial charge in [0.25, 0.3) is 6.29 Å². The molecule has 0 bridgehead atoms. The number of rotatable bonds is 8. The molecule has 0 aromatic heterocycles. The molecule has 3 rings (SSSR count). The Morgan fingerprint density at radius 1 is 1.10 bits per heavy atom. The first-order valence-electron chi connectivity index (χ1n) is 10.7. The SMILES string of the molecule is CCCC1CCC(c2ccc(OC(F)(F)C3OCC(F)(CCC)CO3)cc2F)CO1. The molecule has 0 radical (unpaired) electrons. The Labute approximate surface area is 174 Å². The highest BCUT2D eigenvalue weighted by Crippen LogP contribution is 2.36. The normalized spacial score (nSPS) is 30.3. The van der Waals surface area contributed by atoms with Gasteiger partial charge in [-0.1, -0.05) is 32.8 Å². The third kappa shape index (κ3) is 5.65. The lowest BCUT2D eigenvalue weighted by Gasteiger charge is -2.36. The lowest BCUT2D eigenvalue weighted by molar-refractivity contribution is -0.362. The Morgan fingerprint density at radius 3 is 2.40 bits per heavy atom. The maximum atomic E-state index is 14.6. The summed E-state index contributed by atoms with van der Waals surface area (Å²) < 4.78 is 77.9. The second kappa shape index (κ2) is 9.83. The van der Waals surface area contributed by atoms with Crippen LogP contribution in [0.4, 0.5) is 17.6 Å². The lowest BCUT2D eigenvalue weighted by atomic mass is 9.90. The molecule has 0 N–H and O–H groups in total. The molecule has 2 heterocycles. The second-order valence-electron chi connectivity index (χ2n) is 8.22. The molecule has 8 heteroatoms. The fourth-order valence-corrected chi connectivity index (χ4v) is 4.03. The van der Waals surface area contributed by atoms with Gasteiger partial charge in [-0.05, 0) is 37.3 Å². The van der Waals surface area contributed by atoms with Crippen molar-refractivity contribution in [1.29, 1.82) is 0 Å². The van der Waals surface area contributed by atoms with Crippen LogP contribution in [-0.2, 0) is 14.2 Å². The summed E-state index contributed by atoms with van der Waals surface area (Å²) in [6.45, 7) is 3.28. The minimum atomic E-state index is -3.89. The molecule has 2 aliphatic rings. The molecule has 1 aromatic carbocycles. The van der Waals surface area contributed by atoms with E-state index in [1.54, 1.807) is 6.92 Å². The highest BCUT2D eigenvalue weighted by atomic mass is 19.3. The van der Waals surface area contributed by atoms with Gasteiger partial charge < -0.3 is 18.9 Å². The van der Waals surface area contributed by atoms with Gasteiger partial charge in [-0.2, -0.15) is 8.78 Å². The van der Waals surface area contributed by atoms with Crippen molar-refractivity contribution in [3.05, 3.63) is 29.6 Å². The van der Waals surface area contributed by atoms with Gasteiger partial charge in [0.1, 0.15) is 11.6 Å². The van der Waals surface area contributed by atoms with E-state index < -0.39 is 37.1 Å². The van der Waals surface area contributed by atoms with Crippen molar-refractivity contribution < 1.29 is 36.5 Å². The average Bonchev–Trinajstić information content (AvgIpc) is 2.69. The van der Waals surface area contributed by atoms with Crippen LogP contribution >= 0.6 is 0 Å². The first kappa shape index (κ1) is 23.3. The van der Waals surface area contributed by atoms with Crippen LogP contribution in [0.2, 0.25) is 0 Å². The molecule has 170 valence electrons. The maximum absolute atomic E-state index is 14.6. The molecule has 2 atom stereocenters. The van der Waals surface area contributed by atoms with Gasteiger partial charge in [0.15, 0.2) is 5.67 Å². The largest absolute Gasteiger partial charge is 0.451 e. The highest BCUT2D eigenvalue weighted by Gasteiger charge is 2.50. The minimum absolute atomic E-state index is 0.117. The maximum Gasteiger partial charge on any atom is 0.451 e. The van der Waals surface area contributed by atoms with Crippen LogP contribution in [0.3, 0.4) is 0 Å². The summed E-state index contributed by atoms with van der Waals surface area (Å²) >= 11 is 0. The van der Waals surface area contributed by atoms with Crippen LogP contribution in [0.1, 0.15) is 63.9 Å². The quantitative estimate of drug-likeness (QED) is 0.489. The van der Waals surface area contributed by atoms with Crippen molar-refractivity contribution in [3.8, 4) is 5.75 Å². The van der Waals surface area contributed by atoms with Crippen LogP contribution < -0.4 is 4.74 Å². The van der Waals surface area contributed by atoms with Gasteiger partial charge in [-0.3, -0.25) is 0 Å². The van der Waals surface area contributed by atoms with E-state index in [2.05, 4.69) is 11.7 Å². The second-order valence-corrected chi connectivity index (χ2v) is 8.22. The summed E-state index contributed by atoms with van der Waals surface area (Å²) in [6.07, 6.45) is -1.41. The summed E-state index contributed by atoms with van der Waals surface area (Å²) in [4.78, 5) is 0. The predicted molar refractivity (Wildman–Crippen MR) is 103 cm³/mol. The van der Waals surface area contributed by atoms with Crippen LogP contribution in [0, 0.1) is 5.82 Å². The van der Waals surface area contributed by atoms with Gasteiger partial charge in [-0.15, -0.1) is 0 Å². The third-order valence-electron chi connectivity index (χ3n) is 5.61. The Morgan fingerprint density at radius 2 is 1.83 bits per heavy atom. The molecule has 2 saturated heterocycles. The van der Waals surface area contributed by atoms with E-state index in [4.69, 9.17) is 14.2 Å². The van der Waals surface area contributed by atoms with E-state index in [1.807, 2.05) is 0 Å². The Hall–Kier alpha value is -1.38. The molecular weight excluding hydrogens is 404 g/mol. The van der Waals surface area contributed by atoms with Crippen molar-refractivity contribution in [2.24, 2.45) is 0 Å². The minimum Gasteiger partial charge on any atom is -0.429 e. The molecule has 2 fully saturated rings. The van der Waals surface area contributed by atoms with Crippen molar-refractivity contribution >= 4 is 0 Å². The molecule has 2 aliphatic heterocycles. The van der Waals surface area contributed by atoms with Crippen LogP contribution in [0.25, 0.3) is 0 Å². The summed E-state index contributed by atoms with van der Waals surface area (Å²) in [5.74, 6) is -1.09. The number of ether oxygens (including phenoxy) is 4. The zero-order valence-electron chi connectivity index (χ0n) is 17.5. The van der Waals surface area contributed by atoms with Crippen LogP contribution in [-0.4, -0.2) is 44.0 Å². The first-order valence-corrected chi connectivity index (χ1v) is 10.7. The zero-order valence-corrected chi connectivity index (χ0v) is 17.5. The Kier molecular flexibility index (Phi) is 7.63. The molecule has 2 unspecified atom stereocenters. The predicted octanol–water partition coefficient (Wildman–Crippen LogP) is 5.74. The summed E-state index contributed by atoms with van der Waals surface area (Å²) in [5.41, 5.74) is -1.36. The molecule has 1 aromatic rings. The standard InChI is InChI=1S/C22H30F4O4/c1-3-5-16-7-6-15(12-27-16)18-9-8-17(11-19(18)23)30-22(25,26)20-28-13-21(24,10-4-2)14-29-20/h8-9,11,15-16,20H,3-7,10,12-14H2,1-2H3. The van der Waals surface area contributed by atoms with E-state index in [-0.39, 0.29) is 24.2 Å². The van der Waals surface area contributed by atoms with Gasteiger partial charge >= 0.3 is 6.11 Å². The molecule has 0 saturated carbocycles. The number of alkyl halides is 3. The fraction of sp³-hybridized carbons (Fsp3) is 0.727. The highest BCUT2D eigenvalue weighted by molar-refractivity contribution is 5.31. The van der Waals surface area contributed by atoms with Gasteiger partial charge in [0.05, 0.1) is 25.9 Å². The Bertz CT molecular complexity index is 684. The van der Waals surface area contributed by atoms with E-state index in [0.29, 0.717) is 18.6 Å². The van der Waals surface area contributed by atoms with E-state index in [0.717, 1.165) is 31.7 Å².